The Morgan fingerprint density at radius 2 is 1.45 bits per heavy atom. The summed E-state index contributed by atoms with van der Waals surface area (Å²) in [4.78, 5) is 0. The maximum absolute atomic E-state index is 2.16. The van der Waals surface area contributed by atoms with Gasteiger partial charge in [0.05, 0.1) is 0 Å². The topological polar surface area (TPSA) is 0 Å². The first-order valence-corrected chi connectivity index (χ1v) is 5.85. The molecule has 60 valence electrons. The van der Waals surface area contributed by atoms with Crippen LogP contribution in [0.5, 0.6) is 0 Å². The number of rotatable bonds is 2. The van der Waals surface area contributed by atoms with Gasteiger partial charge in [-0.15, -0.1) is 0 Å². The van der Waals surface area contributed by atoms with Crippen LogP contribution in [0, 0.1) is 0 Å². The minimum atomic E-state index is 1.39. The molecule has 2 rings (SSSR count). The zero-order valence-corrected chi connectivity index (χ0v) is 8.22. The standard InChI is InChI=1S/2C4H3S.Ni/c2*1-2-4-5-3-1;/h2*1-3H;. The van der Waals surface area contributed by atoms with Crippen LogP contribution in [-0.4, -0.2) is 0 Å². The first-order valence-electron chi connectivity index (χ1n) is 3.11. The van der Waals surface area contributed by atoms with Gasteiger partial charge in [0.2, 0.25) is 0 Å². The average Bonchev–Trinajstić information content (AvgIpc) is 2.60. The van der Waals surface area contributed by atoms with E-state index in [4.69, 9.17) is 0 Å². The summed E-state index contributed by atoms with van der Waals surface area (Å²) in [6, 6.07) is 8.49. The van der Waals surface area contributed by atoms with Crippen molar-refractivity contribution in [2.45, 2.75) is 0 Å². The molecule has 0 aliphatic carbocycles. The summed E-state index contributed by atoms with van der Waals surface area (Å²) >= 11 is 5.26. The van der Waals surface area contributed by atoms with Crippen molar-refractivity contribution in [1.82, 2.24) is 0 Å². The molecular formula is C8H6NiS2. The average molecular weight is 225 g/mol. The quantitative estimate of drug-likeness (QED) is 0.684. The van der Waals surface area contributed by atoms with Crippen molar-refractivity contribution in [1.29, 1.82) is 0 Å². The van der Waals surface area contributed by atoms with Gasteiger partial charge < -0.3 is 0 Å². The zero-order valence-electron chi connectivity index (χ0n) is 5.60. The fourth-order valence-corrected chi connectivity index (χ4v) is 3.70. The van der Waals surface area contributed by atoms with E-state index < -0.39 is 0 Å². The molecular weight excluding hydrogens is 219 g/mol. The van der Waals surface area contributed by atoms with E-state index in [0.29, 0.717) is 0 Å². The molecule has 0 nitrogen and oxygen atoms in total. The summed E-state index contributed by atoms with van der Waals surface area (Å²) in [5, 5.41) is 4.22. The van der Waals surface area contributed by atoms with E-state index in [2.05, 4.69) is 35.0 Å². The van der Waals surface area contributed by atoms with Crippen LogP contribution in [0.1, 0.15) is 0 Å². The van der Waals surface area contributed by atoms with Crippen molar-refractivity contribution in [2.75, 3.05) is 0 Å². The van der Waals surface area contributed by atoms with Gasteiger partial charge >= 0.3 is 79.8 Å². The van der Waals surface area contributed by atoms with Crippen LogP contribution in [0.2, 0.25) is 0 Å². The van der Waals surface area contributed by atoms with Crippen LogP contribution in [0.3, 0.4) is 0 Å². The van der Waals surface area contributed by atoms with E-state index in [1.54, 1.807) is 37.1 Å². The molecule has 2 aromatic rings. The van der Waals surface area contributed by atoms with E-state index in [9.17, 15) is 0 Å². The van der Waals surface area contributed by atoms with Gasteiger partial charge in [-0.1, -0.05) is 0 Å². The molecule has 2 aromatic heterocycles. The van der Waals surface area contributed by atoms with Gasteiger partial charge in [0.15, 0.2) is 0 Å². The molecule has 0 saturated carbocycles. The molecule has 0 aliphatic heterocycles. The van der Waals surface area contributed by atoms with E-state index in [-0.39, 0.29) is 0 Å². The summed E-state index contributed by atoms with van der Waals surface area (Å²) in [6.07, 6.45) is 0. The molecule has 0 fully saturated rings. The first-order chi connectivity index (χ1) is 5.45. The Kier molecular flexibility index (Phi) is 2.42. The van der Waals surface area contributed by atoms with Gasteiger partial charge in [0.25, 0.3) is 0 Å². The van der Waals surface area contributed by atoms with Crippen molar-refractivity contribution in [2.24, 2.45) is 0 Å². The molecule has 3 heteroatoms. The van der Waals surface area contributed by atoms with Crippen LogP contribution < -0.4 is 7.69 Å². The summed E-state index contributed by atoms with van der Waals surface area (Å²) in [7, 11) is 0. The Morgan fingerprint density at radius 1 is 0.909 bits per heavy atom. The first kappa shape index (κ1) is 7.54. The zero-order chi connectivity index (χ0) is 7.52. The second-order valence-corrected chi connectivity index (χ2v) is 5.62. The van der Waals surface area contributed by atoms with Crippen molar-refractivity contribution in [3.05, 3.63) is 35.0 Å². The summed E-state index contributed by atoms with van der Waals surface area (Å²) < 4.78 is 2.78. The van der Waals surface area contributed by atoms with Crippen LogP contribution in [0.4, 0.5) is 0 Å². The fourth-order valence-electron chi connectivity index (χ4n) is 0.663. The molecule has 11 heavy (non-hydrogen) atoms. The Balaban J connectivity index is 2.14. The van der Waals surface area contributed by atoms with Crippen molar-refractivity contribution in [3.8, 4) is 0 Å². The third kappa shape index (κ3) is 1.93. The Labute approximate surface area is 79.7 Å². The summed E-state index contributed by atoms with van der Waals surface area (Å²) in [6.45, 7) is 0. The van der Waals surface area contributed by atoms with E-state index in [0.717, 1.165) is 0 Å². The maximum atomic E-state index is 2.16. The van der Waals surface area contributed by atoms with Gasteiger partial charge in [-0.2, -0.15) is 0 Å². The normalized spacial score (nSPS) is 10.5. The van der Waals surface area contributed by atoms with Gasteiger partial charge in [-0.05, 0) is 0 Å². The molecule has 0 N–H and O–H groups in total. The van der Waals surface area contributed by atoms with Crippen molar-refractivity contribution in [3.63, 3.8) is 0 Å². The second kappa shape index (κ2) is 3.53. The molecule has 0 spiro atoms. The molecule has 2 heterocycles. The van der Waals surface area contributed by atoms with Gasteiger partial charge in [0, 0.05) is 0 Å². The van der Waals surface area contributed by atoms with E-state index >= 15 is 0 Å². The molecule has 0 radical (unpaired) electrons. The molecule has 0 aliphatic rings. The Morgan fingerprint density at radius 3 is 1.82 bits per heavy atom. The summed E-state index contributed by atoms with van der Waals surface area (Å²) in [5.41, 5.74) is 0. The molecule has 0 saturated heterocycles. The SMILES string of the molecule is c1cs[c]([Ni][c]2cccs2)c1. The van der Waals surface area contributed by atoms with Crippen molar-refractivity contribution >= 4 is 30.4 Å². The Bertz CT molecular complexity index is 264. The number of hydrogen-bond acceptors (Lipinski definition) is 2. The monoisotopic (exact) mass is 224 g/mol. The van der Waals surface area contributed by atoms with E-state index in [1.807, 2.05) is 0 Å². The van der Waals surface area contributed by atoms with E-state index in [1.165, 1.54) is 7.69 Å². The second-order valence-electron chi connectivity index (χ2n) is 1.85. The number of thiophene rings is 2. The third-order valence-corrected chi connectivity index (χ3v) is 4.42. The van der Waals surface area contributed by atoms with Crippen LogP contribution in [-0.2, 0) is 14.4 Å². The van der Waals surface area contributed by atoms with Crippen LogP contribution in [0.15, 0.2) is 35.0 Å². The molecule has 0 unspecified atom stereocenters. The fraction of sp³-hybridized carbons (Fsp3) is 0. The summed E-state index contributed by atoms with van der Waals surface area (Å²) in [5.74, 6) is 0. The predicted molar refractivity (Wildman–Crippen MR) is 47.9 cm³/mol. The molecule has 0 bridgehead atoms. The van der Waals surface area contributed by atoms with Crippen LogP contribution in [0.25, 0.3) is 0 Å². The molecule has 0 atom stereocenters. The third-order valence-electron chi connectivity index (χ3n) is 1.09. The van der Waals surface area contributed by atoms with Gasteiger partial charge in [0.1, 0.15) is 0 Å². The molecule has 0 amide bonds. The Hall–Kier alpha value is -0.106. The minimum absolute atomic E-state index is 1.39. The van der Waals surface area contributed by atoms with Crippen molar-refractivity contribution < 1.29 is 14.4 Å². The van der Waals surface area contributed by atoms with Gasteiger partial charge in [-0.3, -0.25) is 0 Å². The predicted octanol–water partition coefficient (Wildman–Crippen LogP) is 1.84. The van der Waals surface area contributed by atoms with Gasteiger partial charge in [-0.25, -0.2) is 0 Å². The molecule has 0 aromatic carbocycles. The van der Waals surface area contributed by atoms with Crippen LogP contribution >= 0.6 is 22.7 Å². The number of hydrogen-bond donors (Lipinski definition) is 0.